The normalized spacial score (nSPS) is 11.8. The first-order valence-corrected chi connectivity index (χ1v) is 11.3. The van der Waals surface area contributed by atoms with E-state index in [0.29, 0.717) is 5.56 Å². The Kier molecular flexibility index (Phi) is 9.71. The lowest BCUT2D eigenvalue weighted by atomic mass is 10.2. The van der Waals surface area contributed by atoms with Gasteiger partial charge in [0.2, 0.25) is 0 Å². The molecule has 3 N–H and O–H groups in total. The van der Waals surface area contributed by atoms with Crippen LogP contribution >= 0.6 is 11.6 Å². The molecule has 0 saturated heterocycles. The topological polar surface area (TPSA) is 95.6 Å². The van der Waals surface area contributed by atoms with E-state index in [1.807, 2.05) is 24.3 Å². The van der Waals surface area contributed by atoms with Crippen molar-refractivity contribution in [2.75, 3.05) is 32.1 Å². The van der Waals surface area contributed by atoms with Gasteiger partial charge >= 0.3 is 12.1 Å². The number of hydrogen-bond acceptors (Lipinski definition) is 5. The maximum Gasteiger partial charge on any atom is 0.412 e. The number of nitrogens with zero attached hydrogens (tertiary/aromatic N) is 2. The van der Waals surface area contributed by atoms with Gasteiger partial charge in [0, 0.05) is 31.7 Å². The van der Waals surface area contributed by atoms with Crippen LogP contribution in [0.4, 0.5) is 28.6 Å². The highest BCUT2D eigenvalue weighted by Gasteiger charge is 2.22. The number of pyridine rings is 1. The summed E-state index contributed by atoms with van der Waals surface area (Å²) >= 11 is 5.91. The molecule has 1 heterocycles. The van der Waals surface area contributed by atoms with E-state index >= 15 is 0 Å². The van der Waals surface area contributed by atoms with Crippen molar-refractivity contribution in [3.05, 3.63) is 71.1 Å². The number of ether oxygens (including phenoxy) is 1. The van der Waals surface area contributed by atoms with Gasteiger partial charge in [0.15, 0.2) is 0 Å². The van der Waals surface area contributed by atoms with Crippen LogP contribution in [0.2, 0.25) is 5.02 Å². The average molecular weight is 524 g/mol. The molecule has 8 nitrogen and oxygen atoms in total. The summed E-state index contributed by atoms with van der Waals surface area (Å²) in [5.74, 6) is -0.352. The summed E-state index contributed by atoms with van der Waals surface area (Å²) in [5.41, 5.74) is 0.365. The molecular formula is C24H25ClF3N5O3. The molecule has 1 aromatic heterocycles. The van der Waals surface area contributed by atoms with Gasteiger partial charge in [0.25, 0.3) is 6.43 Å². The fraction of sp³-hybridized carbons (Fsp3) is 0.292. The first-order chi connectivity index (χ1) is 17.2. The van der Waals surface area contributed by atoms with Crippen molar-refractivity contribution in [3.63, 3.8) is 0 Å². The average Bonchev–Trinajstić information content (AvgIpc) is 2.86. The van der Waals surface area contributed by atoms with Gasteiger partial charge < -0.3 is 20.3 Å². The maximum atomic E-state index is 13.6. The Balaban J connectivity index is 1.58. The highest BCUT2D eigenvalue weighted by atomic mass is 35.5. The summed E-state index contributed by atoms with van der Waals surface area (Å²) in [7, 11) is 1.42. The van der Waals surface area contributed by atoms with Crippen molar-refractivity contribution in [1.29, 1.82) is 0 Å². The lowest BCUT2D eigenvalue weighted by Gasteiger charge is -2.28. The maximum absolute atomic E-state index is 13.6. The number of likely N-dealkylation sites (N-methyl/N-ethyl adjacent to an activating group) is 1. The van der Waals surface area contributed by atoms with E-state index < -0.39 is 37.0 Å². The monoisotopic (exact) mass is 523 g/mol. The molecule has 0 bridgehead atoms. The number of amides is 3. The van der Waals surface area contributed by atoms with Gasteiger partial charge in [-0.05, 0) is 23.1 Å². The molecule has 36 heavy (non-hydrogen) atoms. The molecule has 12 heteroatoms. The van der Waals surface area contributed by atoms with Gasteiger partial charge in [-0.3, -0.25) is 5.32 Å². The summed E-state index contributed by atoms with van der Waals surface area (Å²) in [6.45, 7) is -1.03. The number of carbonyl (C=O) groups is 2. The van der Waals surface area contributed by atoms with Crippen molar-refractivity contribution >= 4 is 40.3 Å². The molecule has 3 aromatic rings. The smallest absolute Gasteiger partial charge is 0.412 e. The lowest BCUT2D eigenvalue weighted by Crippen LogP contribution is -2.50. The number of urea groups is 1. The molecule has 192 valence electrons. The van der Waals surface area contributed by atoms with Crippen LogP contribution in [-0.4, -0.2) is 61.2 Å². The van der Waals surface area contributed by atoms with E-state index in [-0.39, 0.29) is 30.5 Å². The Morgan fingerprint density at radius 1 is 1.11 bits per heavy atom. The Hall–Kier alpha value is -3.57. The highest BCUT2D eigenvalue weighted by Crippen LogP contribution is 2.19. The Labute approximate surface area is 210 Å². The van der Waals surface area contributed by atoms with Crippen molar-refractivity contribution in [3.8, 4) is 0 Å². The van der Waals surface area contributed by atoms with Crippen LogP contribution in [0.25, 0.3) is 10.8 Å². The third-order valence-corrected chi connectivity index (χ3v) is 5.70. The Morgan fingerprint density at radius 3 is 2.61 bits per heavy atom. The van der Waals surface area contributed by atoms with Gasteiger partial charge in [-0.25, -0.2) is 27.7 Å². The number of benzene rings is 2. The molecule has 3 amide bonds. The van der Waals surface area contributed by atoms with E-state index in [0.717, 1.165) is 10.8 Å². The van der Waals surface area contributed by atoms with Crippen LogP contribution in [0.1, 0.15) is 5.56 Å². The molecule has 0 fully saturated rings. The molecule has 0 aliphatic carbocycles. The molecule has 0 radical (unpaired) electrons. The van der Waals surface area contributed by atoms with E-state index in [2.05, 4.69) is 20.9 Å². The van der Waals surface area contributed by atoms with Crippen molar-refractivity contribution in [2.45, 2.75) is 19.0 Å². The minimum atomic E-state index is -2.59. The summed E-state index contributed by atoms with van der Waals surface area (Å²) in [4.78, 5) is 30.3. The highest BCUT2D eigenvalue weighted by molar-refractivity contribution is 6.31. The Bertz CT molecular complexity index is 1200. The van der Waals surface area contributed by atoms with Crippen LogP contribution in [0.15, 0.2) is 54.7 Å². The SMILES string of the molecule is CN(C(=O)NCc1cccc(F)c1Cl)[C@@H](CNCC(F)F)COC(=O)Nc1cc2ccccc2cn1. The minimum absolute atomic E-state index is 0.0636. The van der Waals surface area contributed by atoms with Gasteiger partial charge in [-0.2, -0.15) is 0 Å². The van der Waals surface area contributed by atoms with Gasteiger partial charge in [-0.15, -0.1) is 0 Å². The van der Waals surface area contributed by atoms with Gasteiger partial charge in [0.1, 0.15) is 18.2 Å². The quantitative estimate of drug-likeness (QED) is 0.360. The summed E-state index contributed by atoms with van der Waals surface area (Å²) in [6.07, 6.45) is -1.81. The number of nitrogens with one attached hydrogen (secondary N) is 3. The molecule has 2 aromatic carbocycles. The summed E-state index contributed by atoms with van der Waals surface area (Å²) in [5, 5.41) is 9.28. The zero-order chi connectivity index (χ0) is 26.1. The van der Waals surface area contributed by atoms with Crippen LogP contribution in [0, 0.1) is 5.82 Å². The van der Waals surface area contributed by atoms with Gasteiger partial charge in [0.05, 0.1) is 17.6 Å². The standard InChI is InChI=1S/C24H25ClF3N5O3/c1-33(23(34)31-11-17-7-4-8-19(26)22(17)25)18(12-29-13-20(27)28)14-36-24(35)32-21-9-15-5-2-3-6-16(15)10-30-21/h2-10,18,20,29H,11-14H2,1H3,(H,31,34)(H,30,32,35)/t18-/m0/s1. The molecule has 0 aliphatic heterocycles. The molecule has 3 rings (SSSR count). The number of hydrogen-bond donors (Lipinski definition) is 3. The molecule has 0 saturated carbocycles. The van der Waals surface area contributed by atoms with Crippen LogP contribution in [0.5, 0.6) is 0 Å². The number of rotatable bonds is 10. The third kappa shape index (κ3) is 7.72. The van der Waals surface area contributed by atoms with Crippen LogP contribution < -0.4 is 16.0 Å². The van der Waals surface area contributed by atoms with Crippen molar-refractivity contribution in [2.24, 2.45) is 0 Å². The molecule has 0 aliphatic rings. The van der Waals surface area contributed by atoms with Crippen molar-refractivity contribution in [1.82, 2.24) is 20.5 Å². The largest absolute Gasteiger partial charge is 0.447 e. The minimum Gasteiger partial charge on any atom is -0.447 e. The number of anilines is 1. The molecule has 1 atom stereocenters. The zero-order valence-electron chi connectivity index (χ0n) is 19.3. The first kappa shape index (κ1) is 27.0. The van der Waals surface area contributed by atoms with Crippen molar-refractivity contribution < 1.29 is 27.5 Å². The second kappa shape index (κ2) is 12.9. The number of halogens is 4. The second-order valence-electron chi connectivity index (χ2n) is 7.83. The van der Waals surface area contributed by atoms with E-state index in [4.69, 9.17) is 16.3 Å². The van der Waals surface area contributed by atoms with E-state index in [1.165, 1.54) is 24.1 Å². The predicted molar refractivity (Wildman–Crippen MR) is 131 cm³/mol. The summed E-state index contributed by atoms with van der Waals surface area (Å²) in [6, 6.07) is 12.0. The third-order valence-electron chi connectivity index (χ3n) is 5.28. The first-order valence-electron chi connectivity index (χ1n) is 11.0. The number of fused-ring (bicyclic) bond motifs is 1. The number of alkyl halides is 2. The number of aromatic nitrogens is 1. The fourth-order valence-electron chi connectivity index (χ4n) is 3.28. The fourth-order valence-corrected chi connectivity index (χ4v) is 3.47. The summed E-state index contributed by atoms with van der Waals surface area (Å²) < 4.78 is 44.0. The second-order valence-corrected chi connectivity index (χ2v) is 8.20. The Morgan fingerprint density at radius 2 is 1.86 bits per heavy atom. The van der Waals surface area contributed by atoms with Crippen LogP contribution in [-0.2, 0) is 11.3 Å². The molecule has 0 spiro atoms. The van der Waals surface area contributed by atoms with E-state index in [1.54, 1.807) is 18.3 Å². The zero-order valence-corrected chi connectivity index (χ0v) is 20.1. The van der Waals surface area contributed by atoms with E-state index in [9.17, 15) is 22.8 Å². The lowest BCUT2D eigenvalue weighted by molar-refractivity contribution is 0.109. The van der Waals surface area contributed by atoms with Gasteiger partial charge in [-0.1, -0.05) is 48.0 Å². The van der Waals surface area contributed by atoms with Crippen LogP contribution in [0.3, 0.4) is 0 Å². The number of carbonyl (C=O) groups excluding carboxylic acids is 2. The predicted octanol–water partition coefficient (Wildman–Crippen LogP) is 4.64. The molecular weight excluding hydrogens is 499 g/mol. The molecule has 0 unspecified atom stereocenters.